The van der Waals surface area contributed by atoms with E-state index in [1.807, 2.05) is 0 Å². The van der Waals surface area contributed by atoms with Crippen molar-refractivity contribution >= 4 is 0 Å². The molecule has 0 bridgehead atoms. The summed E-state index contributed by atoms with van der Waals surface area (Å²) >= 11 is 0. The van der Waals surface area contributed by atoms with Crippen LogP contribution in [0, 0.1) is 11.8 Å². The molecule has 2 nitrogen and oxygen atoms in total. The molecule has 1 heterocycles. The average Bonchev–Trinajstić information content (AvgIpc) is 2.92. The van der Waals surface area contributed by atoms with Gasteiger partial charge in [0.05, 0.1) is 6.10 Å². The van der Waals surface area contributed by atoms with Crippen LogP contribution in [-0.2, 0) is 4.74 Å². The second kappa shape index (κ2) is 5.13. The predicted octanol–water partition coefficient (Wildman–Crippen LogP) is 2.19. The third-order valence-electron chi connectivity index (χ3n) is 3.56. The fraction of sp³-hybridized carbons (Fsp3) is 1.00. The van der Waals surface area contributed by atoms with Crippen molar-refractivity contribution in [2.24, 2.45) is 11.8 Å². The zero-order chi connectivity index (χ0) is 9.80. The molecule has 82 valence electrons. The van der Waals surface area contributed by atoms with Crippen molar-refractivity contribution < 1.29 is 4.74 Å². The van der Waals surface area contributed by atoms with Gasteiger partial charge < -0.3 is 10.1 Å². The summed E-state index contributed by atoms with van der Waals surface area (Å²) in [7, 11) is 0. The van der Waals surface area contributed by atoms with Gasteiger partial charge in [-0.15, -0.1) is 0 Å². The van der Waals surface area contributed by atoms with E-state index < -0.39 is 0 Å². The van der Waals surface area contributed by atoms with E-state index in [1.165, 1.54) is 38.6 Å². The fourth-order valence-electron chi connectivity index (χ4n) is 2.30. The lowest BCUT2D eigenvalue weighted by Gasteiger charge is -2.13. The van der Waals surface area contributed by atoms with Gasteiger partial charge in [0.1, 0.15) is 0 Å². The van der Waals surface area contributed by atoms with Crippen molar-refractivity contribution in [3.05, 3.63) is 0 Å². The van der Waals surface area contributed by atoms with E-state index in [0.717, 1.165) is 25.0 Å². The Labute approximate surface area is 87.4 Å². The van der Waals surface area contributed by atoms with E-state index in [1.54, 1.807) is 0 Å². The SMILES string of the molecule is CC(CNCCC1CCCO1)C1CC1. The Bertz CT molecular complexity index is 158. The van der Waals surface area contributed by atoms with Crippen molar-refractivity contribution in [1.29, 1.82) is 0 Å². The molecule has 2 aliphatic rings. The monoisotopic (exact) mass is 197 g/mol. The molecule has 2 unspecified atom stereocenters. The van der Waals surface area contributed by atoms with Gasteiger partial charge in [-0.2, -0.15) is 0 Å². The van der Waals surface area contributed by atoms with Crippen LogP contribution < -0.4 is 5.32 Å². The van der Waals surface area contributed by atoms with Crippen LogP contribution in [0.2, 0.25) is 0 Å². The molecule has 2 fully saturated rings. The molecule has 0 spiro atoms. The quantitative estimate of drug-likeness (QED) is 0.659. The van der Waals surface area contributed by atoms with Crippen molar-refractivity contribution in [2.75, 3.05) is 19.7 Å². The highest BCUT2D eigenvalue weighted by Crippen LogP contribution is 2.36. The highest BCUT2D eigenvalue weighted by atomic mass is 16.5. The Hall–Kier alpha value is -0.0800. The standard InChI is InChI=1S/C12H23NO/c1-10(11-4-5-11)9-13-7-6-12-3-2-8-14-12/h10-13H,2-9H2,1H3. The van der Waals surface area contributed by atoms with Gasteiger partial charge in [-0.3, -0.25) is 0 Å². The van der Waals surface area contributed by atoms with Gasteiger partial charge in [0, 0.05) is 6.61 Å². The van der Waals surface area contributed by atoms with E-state index in [0.29, 0.717) is 6.10 Å². The molecule has 1 aliphatic carbocycles. The number of hydrogen-bond donors (Lipinski definition) is 1. The lowest BCUT2D eigenvalue weighted by molar-refractivity contribution is 0.104. The molecule has 0 aromatic rings. The Kier molecular flexibility index (Phi) is 3.82. The summed E-state index contributed by atoms with van der Waals surface area (Å²) in [6, 6.07) is 0. The van der Waals surface area contributed by atoms with Crippen molar-refractivity contribution in [3.8, 4) is 0 Å². The number of hydrogen-bond acceptors (Lipinski definition) is 2. The predicted molar refractivity (Wildman–Crippen MR) is 58.3 cm³/mol. The molecule has 0 radical (unpaired) electrons. The van der Waals surface area contributed by atoms with E-state index >= 15 is 0 Å². The fourth-order valence-corrected chi connectivity index (χ4v) is 2.30. The summed E-state index contributed by atoms with van der Waals surface area (Å²) in [6.45, 7) is 5.71. The minimum atomic E-state index is 0.554. The van der Waals surface area contributed by atoms with Crippen LogP contribution in [-0.4, -0.2) is 25.8 Å². The van der Waals surface area contributed by atoms with Crippen LogP contribution in [0.15, 0.2) is 0 Å². The summed E-state index contributed by atoms with van der Waals surface area (Å²) in [5.41, 5.74) is 0. The zero-order valence-electron chi connectivity index (χ0n) is 9.30. The minimum absolute atomic E-state index is 0.554. The third kappa shape index (κ3) is 3.25. The number of ether oxygens (including phenoxy) is 1. The van der Waals surface area contributed by atoms with Crippen LogP contribution in [0.3, 0.4) is 0 Å². The van der Waals surface area contributed by atoms with Gasteiger partial charge >= 0.3 is 0 Å². The van der Waals surface area contributed by atoms with E-state index in [-0.39, 0.29) is 0 Å². The summed E-state index contributed by atoms with van der Waals surface area (Å²) in [4.78, 5) is 0. The molecule has 0 aromatic carbocycles. The molecule has 2 atom stereocenters. The first kappa shape index (κ1) is 10.4. The molecule has 2 rings (SSSR count). The molecule has 2 heteroatoms. The maximum atomic E-state index is 5.58. The van der Waals surface area contributed by atoms with E-state index in [4.69, 9.17) is 4.74 Å². The maximum Gasteiger partial charge on any atom is 0.0588 e. The smallest absolute Gasteiger partial charge is 0.0588 e. The first-order valence-corrected chi connectivity index (χ1v) is 6.18. The summed E-state index contributed by atoms with van der Waals surface area (Å²) in [5, 5.41) is 3.55. The summed E-state index contributed by atoms with van der Waals surface area (Å²) < 4.78 is 5.58. The van der Waals surface area contributed by atoms with Crippen LogP contribution in [0.25, 0.3) is 0 Å². The molecular formula is C12H23NO. The molecule has 1 aliphatic heterocycles. The molecule has 1 saturated carbocycles. The van der Waals surface area contributed by atoms with Crippen molar-refractivity contribution in [1.82, 2.24) is 5.32 Å². The normalized spacial score (nSPS) is 29.4. The topological polar surface area (TPSA) is 21.3 Å². The Morgan fingerprint density at radius 2 is 2.21 bits per heavy atom. The summed E-state index contributed by atoms with van der Waals surface area (Å²) in [6.07, 6.45) is 7.24. The van der Waals surface area contributed by atoms with Crippen molar-refractivity contribution in [2.45, 2.75) is 45.1 Å². The molecule has 14 heavy (non-hydrogen) atoms. The molecule has 0 aromatic heterocycles. The van der Waals surface area contributed by atoms with Gasteiger partial charge in [-0.05, 0) is 57.0 Å². The van der Waals surface area contributed by atoms with Gasteiger partial charge in [0.15, 0.2) is 0 Å². The molecule has 1 saturated heterocycles. The van der Waals surface area contributed by atoms with Gasteiger partial charge in [-0.1, -0.05) is 6.92 Å². The van der Waals surface area contributed by atoms with Crippen LogP contribution >= 0.6 is 0 Å². The van der Waals surface area contributed by atoms with Gasteiger partial charge in [-0.25, -0.2) is 0 Å². The Morgan fingerprint density at radius 1 is 1.36 bits per heavy atom. The maximum absolute atomic E-state index is 5.58. The molecular weight excluding hydrogens is 174 g/mol. The second-order valence-electron chi connectivity index (χ2n) is 4.94. The van der Waals surface area contributed by atoms with Crippen molar-refractivity contribution in [3.63, 3.8) is 0 Å². The zero-order valence-corrected chi connectivity index (χ0v) is 9.30. The minimum Gasteiger partial charge on any atom is -0.378 e. The van der Waals surface area contributed by atoms with Gasteiger partial charge in [0.2, 0.25) is 0 Å². The lowest BCUT2D eigenvalue weighted by atomic mass is 10.1. The Balaban J connectivity index is 1.46. The first-order chi connectivity index (χ1) is 6.86. The second-order valence-corrected chi connectivity index (χ2v) is 4.94. The average molecular weight is 197 g/mol. The summed E-state index contributed by atoms with van der Waals surface area (Å²) in [5.74, 6) is 1.92. The number of nitrogens with one attached hydrogen (secondary N) is 1. The van der Waals surface area contributed by atoms with E-state index in [2.05, 4.69) is 12.2 Å². The highest BCUT2D eigenvalue weighted by molar-refractivity contribution is 4.79. The number of rotatable bonds is 6. The molecule has 0 amide bonds. The third-order valence-corrected chi connectivity index (χ3v) is 3.56. The molecule has 1 N–H and O–H groups in total. The van der Waals surface area contributed by atoms with Crippen LogP contribution in [0.5, 0.6) is 0 Å². The lowest BCUT2D eigenvalue weighted by Crippen LogP contribution is -2.25. The highest BCUT2D eigenvalue weighted by Gasteiger charge is 2.27. The van der Waals surface area contributed by atoms with Gasteiger partial charge in [0.25, 0.3) is 0 Å². The van der Waals surface area contributed by atoms with E-state index in [9.17, 15) is 0 Å². The largest absolute Gasteiger partial charge is 0.378 e. The first-order valence-electron chi connectivity index (χ1n) is 6.18. The van der Waals surface area contributed by atoms with Crippen LogP contribution in [0.4, 0.5) is 0 Å². The Morgan fingerprint density at radius 3 is 2.86 bits per heavy atom. The van der Waals surface area contributed by atoms with Crippen LogP contribution in [0.1, 0.15) is 39.0 Å².